The van der Waals surface area contributed by atoms with Crippen molar-refractivity contribution in [3.05, 3.63) is 27.7 Å². The number of carbonyl (C=O) groups is 1. The fourth-order valence-electron chi connectivity index (χ4n) is 1.26. The van der Waals surface area contributed by atoms with Crippen LogP contribution in [0.15, 0.2) is 16.6 Å². The Kier molecular flexibility index (Phi) is 3.63. The van der Waals surface area contributed by atoms with Gasteiger partial charge in [0.1, 0.15) is 5.60 Å². The van der Waals surface area contributed by atoms with Crippen LogP contribution in [0, 0.1) is 6.92 Å². The van der Waals surface area contributed by atoms with Crippen LogP contribution in [0.2, 0.25) is 0 Å². The van der Waals surface area contributed by atoms with E-state index in [1.165, 1.54) is 0 Å². The maximum atomic E-state index is 11.9. The average molecular weight is 286 g/mol. The molecule has 0 heterocycles. The first kappa shape index (κ1) is 13.0. The van der Waals surface area contributed by atoms with E-state index in [1.54, 1.807) is 12.1 Å². The number of rotatable bonds is 1. The van der Waals surface area contributed by atoms with Gasteiger partial charge in [-0.2, -0.15) is 0 Å². The number of nitrogens with two attached hydrogens (primary N) is 1. The fraction of sp³-hybridized carbons (Fsp3) is 0.417. The van der Waals surface area contributed by atoms with Gasteiger partial charge in [0.05, 0.1) is 5.56 Å². The van der Waals surface area contributed by atoms with Crippen LogP contribution in [0.4, 0.5) is 5.69 Å². The average Bonchev–Trinajstić information content (AvgIpc) is 2.11. The minimum Gasteiger partial charge on any atom is -0.456 e. The number of ether oxygens (including phenoxy) is 1. The largest absolute Gasteiger partial charge is 0.456 e. The zero-order chi connectivity index (χ0) is 12.5. The molecule has 0 aliphatic carbocycles. The number of anilines is 1. The third-order valence-corrected chi connectivity index (χ3v) is 3.09. The standard InChI is InChI=1S/C12H16BrNO2/c1-7-8(5-6-9(14)10(7)13)11(15)16-12(2,3)4/h5-6H,14H2,1-4H3. The number of benzene rings is 1. The Hall–Kier alpha value is -1.03. The summed E-state index contributed by atoms with van der Waals surface area (Å²) >= 11 is 3.35. The van der Waals surface area contributed by atoms with Crippen molar-refractivity contribution >= 4 is 27.6 Å². The lowest BCUT2D eigenvalue weighted by atomic mass is 10.1. The van der Waals surface area contributed by atoms with Crippen LogP contribution < -0.4 is 5.73 Å². The Balaban J connectivity index is 3.06. The van der Waals surface area contributed by atoms with Crippen LogP contribution in [-0.4, -0.2) is 11.6 Å². The molecule has 1 rings (SSSR count). The predicted octanol–water partition coefficient (Wildman–Crippen LogP) is 3.30. The van der Waals surface area contributed by atoms with Crippen molar-refractivity contribution in [1.82, 2.24) is 0 Å². The maximum absolute atomic E-state index is 11.9. The van der Waals surface area contributed by atoms with E-state index in [4.69, 9.17) is 10.5 Å². The lowest BCUT2D eigenvalue weighted by molar-refractivity contribution is 0.00687. The smallest absolute Gasteiger partial charge is 0.338 e. The van der Waals surface area contributed by atoms with Gasteiger partial charge in [-0.15, -0.1) is 0 Å². The molecule has 4 heteroatoms. The molecular weight excluding hydrogens is 270 g/mol. The molecule has 0 fully saturated rings. The third-order valence-electron chi connectivity index (χ3n) is 2.04. The van der Waals surface area contributed by atoms with Crippen molar-refractivity contribution in [2.75, 3.05) is 5.73 Å². The van der Waals surface area contributed by atoms with Crippen LogP contribution in [0.25, 0.3) is 0 Å². The summed E-state index contributed by atoms with van der Waals surface area (Å²) in [5.41, 5.74) is 7.18. The predicted molar refractivity (Wildman–Crippen MR) is 68.5 cm³/mol. The molecule has 0 saturated carbocycles. The summed E-state index contributed by atoms with van der Waals surface area (Å²) < 4.78 is 6.05. The van der Waals surface area contributed by atoms with E-state index in [2.05, 4.69) is 15.9 Å². The molecule has 1 aromatic carbocycles. The highest BCUT2D eigenvalue weighted by Crippen LogP contribution is 2.27. The molecule has 16 heavy (non-hydrogen) atoms. The van der Waals surface area contributed by atoms with Gasteiger partial charge in [-0.25, -0.2) is 4.79 Å². The SMILES string of the molecule is Cc1c(C(=O)OC(C)(C)C)ccc(N)c1Br. The number of esters is 1. The highest BCUT2D eigenvalue weighted by Gasteiger charge is 2.20. The van der Waals surface area contributed by atoms with E-state index in [-0.39, 0.29) is 5.97 Å². The van der Waals surface area contributed by atoms with Crippen molar-refractivity contribution in [3.8, 4) is 0 Å². The van der Waals surface area contributed by atoms with E-state index >= 15 is 0 Å². The van der Waals surface area contributed by atoms with Gasteiger partial charge in [0.25, 0.3) is 0 Å². The number of hydrogen-bond donors (Lipinski definition) is 1. The van der Waals surface area contributed by atoms with Crippen molar-refractivity contribution < 1.29 is 9.53 Å². The zero-order valence-corrected chi connectivity index (χ0v) is 11.5. The van der Waals surface area contributed by atoms with Crippen molar-refractivity contribution in [2.45, 2.75) is 33.3 Å². The Labute approximate surface area is 104 Å². The second-order valence-electron chi connectivity index (χ2n) is 4.64. The molecule has 88 valence electrons. The second kappa shape index (κ2) is 4.45. The Bertz CT molecular complexity index is 422. The fourth-order valence-corrected chi connectivity index (χ4v) is 1.61. The van der Waals surface area contributed by atoms with E-state index in [9.17, 15) is 4.79 Å². The van der Waals surface area contributed by atoms with Gasteiger partial charge < -0.3 is 10.5 Å². The van der Waals surface area contributed by atoms with Crippen molar-refractivity contribution in [1.29, 1.82) is 0 Å². The number of halogens is 1. The topological polar surface area (TPSA) is 52.3 Å². The molecule has 0 bridgehead atoms. The van der Waals surface area contributed by atoms with Crippen LogP contribution in [-0.2, 0) is 4.74 Å². The van der Waals surface area contributed by atoms with Gasteiger partial charge in [0.15, 0.2) is 0 Å². The van der Waals surface area contributed by atoms with E-state index < -0.39 is 5.60 Å². The Morgan fingerprint density at radius 1 is 1.38 bits per heavy atom. The first-order chi connectivity index (χ1) is 7.22. The third kappa shape index (κ3) is 2.98. The van der Waals surface area contributed by atoms with E-state index in [0.29, 0.717) is 11.3 Å². The molecule has 0 saturated heterocycles. The number of hydrogen-bond acceptors (Lipinski definition) is 3. The highest BCUT2D eigenvalue weighted by molar-refractivity contribution is 9.10. The van der Waals surface area contributed by atoms with Crippen LogP contribution in [0.3, 0.4) is 0 Å². The monoisotopic (exact) mass is 285 g/mol. The van der Waals surface area contributed by atoms with Crippen LogP contribution in [0.1, 0.15) is 36.7 Å². The molecule has 0 amide bonds. The second-order valence-corrected chi connectivity index (χ2v) is 5.44. The quantitative estimate of drug-likeness (QED) is 0.636. The van der Waals surface area contributed by atoms with E-state index in [1.807, 2.05) is 27.7 Å². The van der Waals surface area contributed by atoms with Gasteiger partial charge in [0, 0.05) is 10.2 Å². The summed E-state index contributed by atoms with van der Waals surface area (Å²) in [5, 5.41) is 0. The van der Waals surface area contributed by atoms with Crippen molar-refractivity contribution in [2.24, 2.45) is 0 Å². The zero-order valence-electron chi connectivity index (χ0n) is 9.93. The molecule has 0 aromatic heterocycles. The van der Waals surface area contributed by atoms with E-state index in [0.717, 1.165) is 10.0 Å². The Morgan fingerprint density at radius 2 is 1.94 bits per heavy atom. The van der Waals surface area contributed by atoms with Gasteiger partial charge >= 0.3 is 5.97 Å². The molecule has 0 unspecified atom stereocenters. The number of carbonyl (C=O) groups excluding carboxylic acids is 1. The summed E-state index contributed by atoms with van der Waals surface area (Å²) in [7, 11) is 0. The number of nitrogen functional groups attached to an aromatic ring is 1. The summed E-state index contributed by atoms with van der Waals surface area (Å²) in [6, 6.07) is 3.37. The molecule has 0 atom stereocenters. The molecule has 1 aromatic rings. The molecule has 0 aliphatic heterocycles. The van der Waals surface area contributed by atoms with Gasteiger partial charge in [-0.05, 0) is 61.3 Å². The summed E-state index contributed by atoms with van der Waals surface area (Å²) in [6.07, 6.45) is 0. The van der Waals surface area contributed by atoms with Crippen LogP contribution in [0.5, 0.6) is 0 Å². The summed E-state index contributed by atoms with van der Waals surface area (Å²) in [5.74, 6) is -0.328. The van der Waals surface area contributed by atoms with Crippen LogP contribution >= 0.6 is 15.9 Å². The van der Waals surface area contributed by atoms with Crippen molar-refractivity contribution in [3.63, 3.8) is 0 Å². The first-order valence-electron chi connectivity index (χ1n) is 5.00. The highest BCUT2D eigenvalue weighted by atomic mass is 79.9. The van der Waals surface area contributed by atoms with Gasteiger partial charge in [0.2, 0.25) is 0 Å². The normalized spacial score (nSPS) is 11.3. The minimum atomic E-state index is -0.489. The molecule has 0 aliphatic rings. The summed E-state index contributed by atoms with van der Waals surface area (Å²) in [6.45, 7) is 7.35. The molecule has 3 nitrogen and oxygen atoms in total. The molecule has 0 radical (unpaired) electrons. The Morgan fingerprint density at radius 3 is 2.44 bits per heavy atom. The first-order valence-corrected chi connectivity index (χ1v) is 5.79. The van der Waals surface area contributed by atoms with Gasteiger partial charge in [-0.3, -0.25) is 0 Å². The lowest BCUT2D eigenvalue weighted by Gasteiger charge is -2.20. The minimum absolute atomic E-state index is 0.328. The summed E-state index contributed by atoms with van der Waals surface area (Å²) in [4.78, 5) is 11.9. The lowest BCUT2D eigenvalue weighted by Crippen LogP contribution is -2.24. The molecule has 0 spiro atoms. The molecule has 2 N–H and O–H groups in total. The maximum Gasteiger partial charge on any atom is 0.338 e. The molecular formula is C12H16BrNO2. The van der Waals surface area contributed by atoms with Gasteiger partial charge in [-0.1, -0.05) is 0 Å².